The van der Waals surface area contributed by atoms with Gasteiger partial charge in [-0.3, -0.25) is 9.97 Å². The smallest absolute Gasteiger partial charge is 0.122 e. The van der Waals surface area contributed by atoms with Gasteiger partial charge in [0.05, 0.1) is 18.7 Å². The average Bonchev–Trinajstić information content (AvgIpc) is 2.82. The molecule has 0 saturated carbocycles. The number of hydrogen-bond acceptors (Lipinski definition) is 7. The van der Waals surface area contributed by atoms with Crippen LogP contribution in [0.4, 0.5) is 0 Å². The highest BCUT2D eigenvalue weighted by atomic mass is 16.5. The van der Waals surface area contributed by atoms with Crippen LogP contribution in [0.3, 0.4) is 0 Å². The fourth-order valence-corrected chi connectivity index (χ4v) is 4.09. The summed E-state index contributed by atoms with van der Waals surface area (Å²) in [6, 6.07) is 11.9. The zero-order valence-corrected chi connectivity index (χ0v) is 17.9. The van der Waals surface area contributed by atoms with Gasteiger partial charge in [-0.2, -0.15) is 0 Å². The lowest BCUT2D eigenvalue weighted by atomic mass is 10.0. The number of aliphatic hydroxyl groups excluding tert-OH is 1. The maximum Gasteiger partial charge on any atom is 0.122 e. The fourth-order valence-electron chi connectivity index (χ4n) is 4.09. The van der Waals surface area contributed by atoms with E-state index in [0.717, 1.165) is 60.4 Å². The molecule has 0 unspecified atom stereocenters. The molecule has 1 aliphatic heterocycles. The highest BCUT2D eigenvalue weighted by molar-refractivity contribution is 5.83. The highest BCUT2D eigenvalue weighted by Gasteiger charge is 2.22. The number of ether oxygens (including phenoxy) is 2. The van der Waals surface area contributed by atoms with Crippen LogP contribution >= 0.6 is 0 Å². The molecule has 3 aromatic rings. The maximum atomic E-state index is 10.9. The normalized spacial score (nSPS) is 16.3. The van der Waals surface area contributed by atoms with Gasteiger partial charge in [-0.1, -0.05) is 0 Å². The molecule has 1 aliphatic rings. The van der Waals surface area contributed by atoms with Gasteiger partial charge in [-0.05, 0) is 67.9 Å². The summed E-state index contributed by atoms with van der Waals surface area (Å²) in [5, 5.41) is 15.5. The van der Waals surface area contributed by atoms with Crippen LogP contribution in [0.25, 0.3) is 10.9 Å². The standard InChI is InChI=1S/C24H30N4O3/c1-30-20-2-3-23-22(16-20)21(6-11-27-23)24(29)17-28-13-7-18(8-14-28)26-12-15-31-19-4-9-25-10-5-19/h2-6,9-11,16,18,24,26,29H,7-8,12-15,17H2,1H3/t24-/m0/s1. The molecule has 0 bridgehead atoms. The van der Waals surface area contributed by atoms with Crippen molar-refractivity contribution in [3.63, 3.8) is 0 Å². The van der Waals surface area contributed by atoms with Crippen LogP contribution in [0.2, 0.25) is 0 Å². The third-order valence-electron chi connectivity index (χ3n) is 5.81. The van der Waals surface area contributed by atoms with Crippen molar-refractivity contribution in [2.45, 2.75) is 25.0 Å². The van der Waals surface area contributed by atoms with E-state index in [1.54, 1.807) is 25.7 Å². The van der Waals surface area contributed by atoms with Crippen molar-refractivity contribution in [3.05, 3.63) is 60.6 Å². The van der Waals surface area contributed by atoms with Crippen molar-refractivity contribution in [1.29, 1.82) is 0 Å². The van der Waals surface area contributed by atoms with Crippen LogP contribution in [0, 0.1) is 0 Å². The molecule has 7 heteroatoms. The Bertz CT molecular complexity index is 961. The molecule has 0 aliphatic carbocycles. The summed E-state index contributed by atoms with van der Waals surface area (Å²) in [5.74, 6) is 1.62. The molecule has 4 rings (SSSR count). The first kappa shape index (κ1) is 21.5. The second kappa shape index (κ2) is 10.5. The predicted molar refractivity (Wildman–Crippen MR) is 120 cm³/mol. The van der Waals surface area contributed by atoms with E-state index < -0.39 is 6.10 Å². The summed E-state index contributed by atoms with van der Waals surface area (Å²) in [7, 11) is 1.65. The number of nitrogens with zero attached hydrogens (tertiary/aromatic N) is 3. The van der Waals surface area contributed by atoms with E-state index in [1.165, 1.54) is 0 Å². The molecule has 31 heavy (non-hydrogen) atoms. The SMILES string of the molecule is COc1ccc2nccc([C@@H](O)CN3CCC(NCCOc4ccncc4)CC3)c2c1. The summed E-state index contributed by atoms with van der Waals surface area (Å²) in [5.41, 5.74) is 1.77. The molecule has 1 atom stereocenters. The minimum absolute atomic E-state index is 0.487. The Morgan fingerprint density at radius 2 is 1.90 bits per heavy atom. The van der Waals surface area contributed by atoms with E-state index in [4.69, 9.17) is 9.47 Å². The van der Waals surface area contributed by atoms with E-state index >= 15 is 0 Å². The van der Waals surface area contributed by atoms with Crippen LogP contribution < -0.4 is 14.8 Å². The zero-order valence-electron chi connectivity index (χ0n) is 17.9. The lowest BCUT2D eigenvalue weighted by molar-refractivity contribution is 0.0946. The van der Waals surface area contributed by atoms with Gasteiger partial charge >= 0.3 is 0 Å². The molecule has 1 saturated heterocycles. The Labute approximate surface area is 183 Å². The van der Waals surface area contributed by atoms with E-state index in [9.17, 15) is 5.11 Å². The first-order valence-corrected chi connectivity index (χ1v) is 10.8. The second-order valence-electron chi connectivity index (χ2n) is 7.86. The number of rotatable bonds is 9. The number of hydrogen-bond donors (Lipinski definition) is 2. The fraction of sp³-hybridized carbons (Fsp3) is 0.417. The Balaban J connectivity index is 1.24. The van der Waals surface area contributed by atoms with Gasteiger partial charge in [0.25, 0.3) is 0 Å². The van der Waals surface area contributed by atoms with E-state index in [-0.39, 0.29) is 0 Å². The molecule has 164 valence electrons. The summed E-state index contributed by atoms with van der Waals surface area (Å²) in [4.78, 5) is 10.7. The maximum absolute atomic E-state index is 10.9. The first-order valence-electron chi connectivity index (χ1n) is 10.8. The van der Waals surface area contributed by atoms with Crippen molar-refractivity contribution in [2.24, 2.45) is 0 Å². The van der Waals surface area contributed by atoms with Crippen molar-refractivity contribution >= 4 is 10.9 Å². The van der Waals surface area contributed by atoms with E-state index in [0.29, 0.717) is 19.2 Å². The highest BCUT2D eigenvalue weighted by Crippen LogP contribution is 2.27. The van der Waals surface area contributed by atoms with Crippen LogP contribution in [0.15, 0.2) is 55.0 Å². The van der Waals surface area contributed by atoms with Gasteiger partial charge in [0, 0.05) is 43.1 Å². The number of aliphatic hydroxyl groups is 1. The second-order valence-corrected chi connectivity index (χ2v) is 7.86. The number of β-amino-alcohol motifs (C(OH)–C–C–N with tert-alkyl or cyclic N) is 1. The molecule has 7 nitrogen and oxygen atoms in total. The molecular formula is C24H30N4O3. The Morgan fingerprint density at radius 1 is 1.10 bits per heavy atom. The summed E-state index contributed by atoms with van der Waals surface area (Å²) in [6.07, 6.45) is 6.80. The number of likely N-dealkylation sites (tertiary alicyclic amines) is 1. The molecule has 3 heterocycles. The van der Waals surface area contributed by atoms with Gasteiger partial charge in [0.1, 0.15) is 18.1 Å². The van der Waals surface area contributed by atoms with Crippen LogP contribution in [0.1, 0.15) is 24.5 Å². The van der Waals surface area contributed by atoms with Gasteiger partial charge in [0.15, 0.2) is 0 Å². The number of piperidine rings is 1. The average molecular weight is 423 g/mol. The molecule has 1 fully saturated rings. The first-order chi connectivity index (χ1) is 15.2. The summed E-state index contributed by atoms with van der Waals surface area (Å²) < 4.78 is 11.1. The van der Waals surface area contributed by atoms with Crippen molar-refractivity contribution in [2.75, 3.05) is 39.9 Å². The number of pyridine rings is 2. The lowest BCUT2D eigenvalue weighted by Crippen LogP contribution is -2.44. The van der Waals surface area contributed by atoms with Gasteiger partial charge in [-0.15, -0.1) is 0 Å². The van der Waals surface area contributed by atoms with Crippen molar-refractivity contribution < 1.29 is 14.6 Å². The topological polar surface area (TPSA) is 79.7 Å². The molecule has 0 amide bonds. The minimum atomic E-state index is -0.559. The predicted octanol–water partition coefficient (Wildman–Crippen LogP) is 2.80. The quantitative estimate of drug-likeness (QED) is 0.513. The minimum Gasteiger partial charge on any atom is -0.497 e. The molecule has 2 N–H and O–H groups in total. The van der Waals surface area contributed by atoms with Gasteiger partial charge in [0.2, 0.25) is 0 Å². The van der Waals surface area contributed by atoms with Gasteiger partial charge < -0.3 is 24.8 Å². The Morgan fingerprint density at radius 3 is 2.68 bits per heavy atom. The molecule has 0 radical (unpaired) electrons. The molecule has 1 aromatic carbocycles. The zero-order chi connectivity index (χ0) is 21.5. The number of aromatic nitrogens is 2. The Hall–Kier alpha value is -2.74. The van der Waals surface area contributed by atoms with Crippen LogP contribution in [-0.4, -0.2) is 65.9 Å². The molecule has 0 spiro atoms. The van der Waals surface area contributed by atoms with E-state index in [1.807, 2.05) is 36.4 Å². The summed E-state index contributed by atoms with van der Waals surface area (Å²) in [6.45, 7) is 4.01. The summed E-state index contributed by atoms with van der Waals surface area (Å²) >= 11 is 0. The third-order valence-corrected chi connectivity index (χ3v) is 5.81. The monoisotopic (exact) mass is 422 g/mol. The van der Waals surface area contributed by atoms with E-state index in [2.05, 4.69) is 20.2 Å². The van der Waals surface area contributed by atoms with Gasteiger partial charge in [-0.25, -0.2) is 0 Å². The largest absolute Gasteiger partial charge is 0.497 e. The molecular weight excluding hydrogens is 392 g/mol. The number of nitrogens with one attached hydrogen (secondary N) is 1. The Kier molecular flexibility index (Phi) is 7.30. The number of methoxy groups -OCH3 is 1. The number of fused-ring (bicyclic) bond motifs is 1. The van der Waals surface area contributed by atoms with Crippen molar-refractivity contribution in [1.82, 2.24) is 20.2 Å². The number of benzene rings is 1. The van der Waals surface area contributed by atoms with Crippen LogP contribution in [0.5, 0.6) is 11.5 Å². The van der Waals surface area contributed by atoms with Crippen LogP contribution in [-0.2, 0) is 0 Å². The third kappa shape index (κ3) is 5.70. The van der Waals surface area contributed by atoms with Crippen molar-refractivity contribution in [3.8, 4) is 11.5 Å². The molecule has 2 aromatic heterocycles. The lowest BCUT2D eigenvalue weighted by Gasteiger charge is -2.33.